The highest BCUT2D eigenvalue weighted by molar-refractivity contribution is 5.24. The van der Waals surface area contributed by atoms with Gasteiger partial charge in [0.05, 0.1) is 0 Å². The summed E-state index contributed by atoms with van der Waals surface area (Å²) in [5, 5.41) is 3.10. The van der Waals surface area contributed by atoms with Crippen molar-refractivity contribution in [1.29, 1.82) is 0 Å². The van der Waals surface area contributed by atoms with E-state index in [0.29, 0.717) is 5.75 Å². The average Bonchev–Trinajstić information content (AvgIpc) is 2.29. The normalized spacial score (nSPS) is 27.6. The lowest BCUT2D eigenvalue weighted by Crippen LogP contribution is -2.60. The molecule has 3 atom stereocenters. The summed E-state index contributed by atoms with van der Waals surface area (Å²) in [6.07, 6.45) is 0.601. The molecule has 0 aromatic heterocycles. The molecule has 1 fully saturated rings. The van der Waals surface area contributed by atoms with Gasteiger partial charge in [0.2, 0.25) is 0 Å². The van der Waals surface area contributed by atoms with Crippen molar-refractivity contribution in [2.75, 3.05) is 14.2 Å². The molecule has 17 heavy (non-hydrogen) atoms. The Balaban J connectivity index is 2.00. The van der Waals surface area contributed by atoms with Gasteiger partial charge in [-0.05, 0) is 19.2 Å². The number of likely N-dealkylation sites (N-methyl/N-ethyl adjacent to an activating group) is 1. The number of hydrogen-bond acceptors (Lipinski definition) is 3. The van der Waals surface area contributed by atoms with Crippen LogP contribution < -0.4 is 10.1 Å². The number of nitrogens with one attached hydrogen (secondary N) is 1. The number of methoxy groups -OCH3 is 1. The van der Waals surface area contributed by atoms with Gasteiger partial charge in [-0.2, -0.15) is 0 Å². The Labute approximate surface area is 98.7 Å². The Hall–Kier alpha value is -1.20. The van der Waals surface area contributed by atoms with Crippen LogP contribution in [-0.4, -0.2) is 32.4 Å². The molecule has 0 spiro atoms. The van der Waals surface area contributed by atoms with Crippen molar-refractivity contribution in [3.05, 3.63) is 29.8 Å². The molecule has 1 aliphatic rings. The van der Waals surface area contributed by atoms with Crippen LogP contribution in [0.1, 0.15) is 6.42 Å². The van der Waals surface area contributed by atoms with Crippen LogP contribution >= 0.6 is 0 Å². The fourth-order valence-electron chi connectivity index (χ4n) is 2.02. The zero-order valence-corrected chi connectivity index (χ0v) is 9.74. The van der Waals surface area contributed by atoms with Crippen LogP contribution in [0.15, 0.2) is 18.2 Å². The van der Waals surface area contributed by atoms with Gasteiger partial charge < -0.3 is 14.8 Å². The van der Waals surface area contributed by atoms with Gasteiger partial charge in [0.25, 0.3) is 0 Å². The van der Waals surface area contributed by atoms with Crippen molar-refractivity contribution in [3.63, 3.8) is 0 Å². The summed E-state index contributed by atoms with van der Waals surface area (Å²) in [5.41, 5.74) is 0. The molecule has 1 aliphatic carbocycles. The molecule has 2 rings (SSSR count). The summed E-state index contributed by atoms with van der Waals surface area (Å²) >= 11 is 0. The quantitative estimate of drug-likeness (QED) is 0.873. The summed E-state index contributed by atoms with van der Waals surface area (Å²) in [4.78, 5) is 0. The second-order valence-corrected chi connectivity index (χ2v) is 4.06. The van der Waals surface area contributed by atoms with Gasteiger partial charge in [-0.15, -0.1) is 0 Å². The number of rotatable bonds is 4. The number of ether oxygens (including phenoxy) is 2. The van der Waals surface area contributed by atoms with Crippen molar-refractivity contribution < 1.29 is 18.3 Å². The van der Waals surface area contributed by atoms with Crippen molar-refractivity contribution in [1.82, 2.24) is 5.32 Å². The van der Waals surface area contributed by atoms with Crippen LogP contribution in [0, 0.1) is 11.6 Å². The first-order chi connectivity index (χ1) is 8.15. The molecule has 0 aliphatic heterocycles. The van der Waals surface area contributed by atoms with Gasteiger partial charge in [-0.1, -0.05) is 0 Å². The highest BCUT2D eigenvalue weighted by Gasteiger charge is 2.42. The molecule has 94 valence electrons. The maximum atomic E-state index is 13.0. The summed E-state index contributed by atoms with van der Waals surface area (Å²) in [7, 11) is 3.46. The highest BCUT2D eigenvalue weighted by atomic mass is 19.2. The first-order valence-electron chi connectivity index (χ1n) is 5.47. The first-order valence-corrected chi connectivity index (χ1v) is 5.47. The average molecular weight is 243 g/mol. The fraction of sp³-hybridized carbons (Fsp3) is 0.500. The molecule has 3 nitrogen and oxygen atoms in total. The molecular weight excluding hydrogens is 228 g/mol. The second-order valence-electron chi connectivity index (χ2n) is 4.06. The lowest BCUT2D eigenvalue weighted by molar-refractivity contribution is -0.0870. The van der Waals surface area contributed by atoms with Crippen LogP contribution in [0.5, 0.6) is 5.75 Å². The third-order valence-corrected chi connectivity index (χ3v) is 3.07. The monoisotopic (exact) mass is 243 g/mol. The molecule has 0 amide bonds. The minimum atomic E-state index is -0.902. The molecule has 1 aromatic rings. The van der Waals surface area contributed by atoms with Crippen molar-refractivity contribution in [3.8, 4) is 5.75 Å². The largest absolute Gasteiger partial charge is 0.487 e. The molecule has 0 heterocycles. The predicted octanol–water partition coefficient (Wildman–Crippen LogP) is 1.72. The maximum absolute atomic E-state index is 13.0. The van der Waals surface area contributed by atoms with Crippen molar-refractivity contribution in [2.45, 2.75) is 24.7 Å². The zero-order chi connectivity index (χ0) is 12.4. The van der Waals surface area contributed by atoms with Gasteiger partial charge in [0.1, 0.15) is 18.0 Å². The molecule has 0 radical (unpaired) electrons. The summed E-state index contributed by atoms with van der Waals surface area (Å²) < 4.78 is 36.5. The van der Waals surface area contributed by atoms with Crippen LogP contribution in [0.25, 0.3) is 0 Å². The molecule has 0 saturated heterocycles. The summed E-state index contributed by atoms with van der Waals surface area (Å²) in [5.74, 6) is -1.45. The molecule has 3 unspecified atom stereocenters. The third kappa shape index (κ3) is 2.40. The maximum Gasteiger partial charge on any atom is 0.162 e. The van der Waals surface area contributed by atoms with E-state index in [-0.39, 0.29) is 18.2 Å². The molecule has 1 N–H and O–H groups in total. The summed E-state index contributed by atoms with van der Waals surface area (Å²) in [6.45, 7) is 0. The lowest BCUT2D eigenvalue weighted by atomic mass is 9.85. The van der Waals surface area contributed by atoms with E-state index in [0.717, 1.165) is 18.6 Å². The van der Waals surface area contributed by atoms with Gasteiger partial charge in [-0.25, -0.2) is 8.78 Å². The zero-order valence-electron chi connectivity index (χ0n) is 9.74. The van der Waals surface area contributed by atoms with E-state index in [4.69, 9.17) is 9.47 Å². The summed E-state index contributed by atoms with van der Waals surface area (Å²) in [6, 6.07) is 3.77. The van der Waals surface area contributed by atoms with E-state index in [1.54, 1.807) is 7.11 Å². The SMILES string of the molecule is CNC1CC(Oc2ccc(F)c(F)c2)C1OC. The van der Waals surface area contributed by atoms with Crippen LogP contribution in [0.2, 0.25) is 0 Å². The van der Waals surface area contributed by atoms with E-state index >= 15 is 0 Å². The molecule has 5 heteroatoms. The topological polar surface area (TPSA) is 30.5 Å². The van der Waals surface area contributed by atoms with Crippen LogP contribution in [-0.2, 0) is 4.74 Å². The van der Waals surface area contributed by atoms with E-state index in [2.05, 4.69) is 5.32 Å². The van der Waals surface area contributed by atoms with E-state index in [1.807, 2.05) is 7.05 Å². The van der Waals surface area contributed by atoms with Gasteiger partial charge in [0.15, 0.2) is 11.6 Å². The predicted molar refractivity (Wildman–Crippen MR) is 59.0 cm³/mol. The van der Waals surface area contributed by atoms with E-state index in [9.17, 15) is 8.78 Å². The molecule has 0 bridgehead atoms. The number of benzene rings is 1. The minimum absolute atomic E-state index is 0.0619. The van der Waals surface area contributed by atoms with Gasteiger partial charge in [-0.3, -0.25) is 0 Å². The fourth-order valence-corrected chi connectivity index (χ4v) is 2.02. The van der Waals surface area contributed by atoms with E-state index < -0.39 is 11.6 Å². The van der Waals surface area contributed by atoms with Crippen LogP contribution in [0.4, 0.5) is 8.78 Å². The Morgan fingerprint density at radius 3 is 2.65 bits per heavy atom. The van der Waals surface area contributed by atoms with E-state index in [1.165, 1.54) is 6.07 Å². The molecule has 1 aromatic carbocycles. The van der Waals surface area contributed by atoms with Crippen molar-refractivity contribution in [2.24, 2.45) is 0 Å². The Morgan fingerprint density at radius 1 is 1.29 bits per heavy atom. The second kappa shape index (κ2) is 4.98. The highest BCUT2D eigenvalue weighted by Crippen LogP contribution is 2.29. The standard InChI is InChI=1S/C12H15F2NO2/c1-15-10-6-11(12(10)16-2)17-7-3-4-8(13)9(14)5-7/h3-5,10-12,15H,6H2,1-2H3. The Kier molecular flexibility index (Phi) is 3.59. The Bertz CT molecular complexity index is 400. The van der Waals surface area contributed by atoms with Crippen LogP contribution in [0.3, 0.4) is 0 Å². The third-order valence-electron chi connectivity index (χ3n) is 3.07. The smallest absolute Gasteiger partial charge is 0.162 e. The van der Waals surface area contributed by atoms with Gasteiger partial charge >= 0.3 is 0 Å². The lowest BCUT2D eigenvalue weighted by Gasteiger charge is -2.42. The first kappa shape index (κ1) is 12.3. The van der Waals surface area contributed by atoms with Crippen molar-refractivity contribution >= 4 is 0 Å². The number of halogens is 2. The Morgan fingerprint density at radius 2 is 2.06 bits per heavy atom. The number of hydrogen-bond donors (Lipinski definition) is 1. The molecule has 1 saturated carbocycles. The van der Waals surface area contributed by atoms with Gasteiger partial charge in [0, 0.05) is 25.6 Å². The molecular formula is C12H15F2NO2. The minimum Gasteiger partial charge on any atom is -0.487 e.